The number of para-hydroxylation sites is 1. The van der Waals surface area contributed by atoms with Gasteiger partial charge in [-0.25, -0.2) is 4.79 Å². The first kappa shape index (κ1) is 22.4. The van der Waals surface area contributed by atoms with Crippen molar-refractivity contribution in [1.82, 2.24) is 4.98 Å². The molecule has 3 N–H and O–H groups in total. The van der Waals surface area contributed by atoms with Crippen LogP contribution in [-0.4, -0.2) is 30.6 Å². The van der Waals surface area contributed by atoms with Crippen LogP contribution in [0.3, 0.4) is 0 Å². The van der Waals surface area contributed by atoms with Gasteiger partial charge in [0.15, 0.2) is 0 Å². The lowest BCUT2D eigenvalue weighted by atomic mass is 10.1. The van der Waals surface area contributed by atoms with E-state index in [0.717, 1.165) is 27.8 Å². The summed E-state index contributed by atoms with van der Waals surface area (Å²) in [6.45, 7) is 0.704. The van der Waals surface area contributed by atoms with Crippen molar-refractivity contribution < 1.29 is 19.1 Å². The Kier molecular flexibility index (Phi) is 6.32. The summed E-state index contributed by atoms with van der Waals surface area (Å²) in [4.78, 5) is 29.6. The van der Waals surface area contributed by atoms with Crippen LogP contribution in [0.15, 0.2) is 83.7 Å². The third-order valence-electron chi connectivity index (χ3n) is 5.53. The number of hydrogen-bond acceptors (Lipinski definition) is 8. The molecule has 0 saturated heterocycles. The van der Waals surface area contributed by atoms with Crippen LogP contribution >= 0.6 is 11.3 Å². The number of nitrogens with one attached hydrogen (secondary N) is 3. The van der Waals surface area contributed by atoms with Gasteiger partial charge in [0.05, 0.1) is 18.3 Å². The van der Waals surface area contributed by atoms with Crippen molar-refractivity contribution in [2.75, 3.05) is 29.7 Å². The van der Waals surface area contributed by atoms with Crippen LogP contribution in [-0.2, 0) is 20.8 Å². The molecule has 0 aliphatic carbocycles. The summed E-state index contributed by atoms with van der Waals surface area (Å²) in [5.41, 5.74) is 4.78. The monoisotopic (exact) mass is 486 g/mol. The molecule has 8 nitrogen and oxygen atoms in total. The highest BCUT2D eigenvalue weighted by molar-refractivity contribution is 7.12. The highest BCUT2D eigenvalue weighted by Gasteiger charge is 2.26. The third kappa shape index (κ3) is 4.80. The molecule has 4 aromatic rings. The Balaban J connectivity index is 1.24. The zero-order chi connectivity index (χ0) is 24.2. The number of nitrogens with zero attached hydrogens (tertiary/aromatic N) is 1. The molecular weight excluding hydrogens is 464 g/mol. The molecule has 1 aliphatic heterocycles. The van der Waals surface area contributed by atoms with E-state index in [1.54, 1.807) is 30.5 Å². The average molecular weight is 487 g/mol. The van der Waals surface area contributed by atoms with E-state index in [4.69, 9.17) is 9.47 Å². The number of methoxy groups -OCH3 is 1. The number of amides is 1. The summed E-state index contributed by atoms with van der Waals surface area (Å²) in [5.74, 6) is -0.516. The summed E-state index contributed by atoms with van der Waals surface area (Å²) in [7, 11) is 1.43. The van der Waals surface area contributed by atoms with Gasteiger partial charge in [0.25, 0.3) is 5.91 Å². The number of pyridine rings is 1. The van der Waals surface area contributed by atoms with E-state index >= 15 is 0 Å². The molecule has 35 heavy (non-hydrogen) atoms. The van der Waals surface area contributed by atoms with Gasteiger partial charge in [0, 0.05) is 29.5 Å². The molecule has 0 radical (unpaired) electrons. The van der Waals surface area contributed by atoms with Gasteiger partial charge < -0.3 is 25.4 Å². The van der Waals surface area contributed by atoms with Gasteiger partial charge in [0.2, 0.25) is 5.76 Å². The topological polar surface area (TPSA) is 102 Å². The van der Waals surface area contributed by atoms with Crippen LogP contribution in [0.1, 0.15) is 15.2 Å². The van der Waals surface area contributed by atoms with Crippen molar-refractivity contribution in [2.45, 2.75) is 6.54 Å². The molecular formula is C26H22N4O4S. The minimum Gasteiger partial charge on any atom is -0.489 e. The number of carbonyl (C=O) groups is 2. The number of rotatable bonds is 8. The molecule has 1 aliphatic rings. The highest BCUT2D eigenvalue weighted by atomic mass is 32.1. The smallest absolute Gasteiger partial charge is 0.376 e. The number of aromatic nitrogens is 1. The molecule has 5 rings (SSSR count). The lowest BCUT2D eigenvalue weighted by Gasteiger charge is -2.11. The second-order valence-corrected chi connectivity index (χ2v) is 8.66. The van der Waals surface area contributed by atoms with Gasteiger partial charge in [-0.2, -0.15) is 0 Å². The highest BCUT2D eigenvalue weighted by Crippen LogP contribution is 2.26. The Bertz CT molecular complexity index is 1420. The number of anilines is 3. The van der Waals surface area contributed by atoms with Crippen molar-refractivity contribution in [1.29, 1.82) is 0 Å². The van der Waals surface area contributed by atoms with Gasteiger partial charge in [-0.1, -0.05) is 18.2 Å². The van der Waals surface area contributed by atoms with Gasteiger partial charge in [-0.15, -0.1) is 11.3 Å². The number of esters is 1. The summed E-state index contributed by atoms with van der Waals surface area (Å²) >= 11 is 1.38. The first-order valence-electron chi connectivity index (χ1n) is 10.9. The van der Waals surface area contributed by atoms with Crippen molar-refractivity contribution in [2.24, 2.45) is 0 Å². The van der Waals surface area contributed by atoms with E-state index in [9.17, 15) is 9.59 Å². The summed E-state index contributed by atoms with van der Waals surface area (Å²) in [6.07, 6.45) is 1.79. The Hall–Kier alpha value is -4.37. The fraction of sp³-hybridized carbons (Fsp3) is 0.115. The normalized spacial score (nSPS) is 13.0. The minimum absolute atomic E-state index is 0.129. The molecule has 176 valence electrons. The number of ether oxygens (including phenoxy) is 2. The molecule has 0 bridgehead atoms. The van der Waals surface area contributed by atoms with E-state index < -0.39 is 5.97 Å². The molecule has 2 aromatic carbocycles. The predicted octanol–water partition coefficient (Wildman–Crippen LogP) is 4.99. The summed E-state index contributed by atoms with van der Waals surface area (Å²) < 4.78 is 10.1. The van der Waals surface area contributed by atoms with Crippen molar-refractivity contribution in [3.63, 3.8) is 0 Å². The Labute approximate surface area is 205 Å². The third-order valence-corrected chi connectivity index (χ3v) is 6.44. The number of thiophene rings is 1. The van der Waals surface area contributed by atoms with E-state index in [1.807, 2.05) is 41.8 Å². The van der Waals surface area contributed by atoms with Crippen molar-refractivity contribution in [3.05, 3.63) is 94.1 Å². The van der Waals surface area contributed by atoms with Crippen LogP contribution in [0.2, 0.25) is 0 Å². The van der Waals surface area contributed by atoms with Gasteiger partial charge in [-0.3, -0.25) is 9.78 Å². The lowest BCUT2D eigenvalue weighted by molar-refractivity contribution is -0.138. The van der Waals surface area contributed by atoms with Crippen LogP contribution in [0.25, 0.3) is 10.9 Å². The van der Waals surface area contributed by atoms with Crippen molar-refractivity contribution >= 4 is 51.2 Å². The molecule has 3 heterocycles. The largest absolute Gasteiger partial charge is 0.489 e. The summed E-state index contributed by atoms with van der Waals surface area (Å²) in [6, 6.07) is 19.1. The molecule has 0 unspecified atom stereocenters. The number of hydrogen-bond donors (Lipinski definition) is 3. The van der Waals surface area contributed by atoms with E-state index in [1.165, 1.54) is 18.4 Å². The van der Waals surface area contributed by atoms with E-state index in [0.29, 0.717) is 22.8 Å². The second kappa shape index (κ2) is 9.86. The van der Waals surface area contributed by atoms with Crippen LogP contribution in [0.4, 0.5) is 17.1 Å². The van der Waals surface area contributed by atoms with Gasteiger partial charge in [0.1, 0.15) is 17.2 Å². The second-order valence-electron chi connectivity index (χ2n) is 7.75. The molecule has 1 amide bonds. The van der Waals surface area contributed by atoms with E-state index in [-0.39, 0.29) is 18.3 Å². The quantitative estimate of drug-likeness (QED) is 0.302. The lowest BCUT2D eigenvalue weighted by Crippen LogP contribution is -2.13. The summed E-state index contributed by atoms with van der Waals surface area (Å²) in [5, 5.41) is 12.4. The maximum Gasteiger partial charge on any atom is 0.376 e. The average Bonchev–Trinajstić information content (AvgIpc) is 3.50. The Morgan fingerprint density at radius 3 is 2.71 bits per heavy atom. The van der Waals surface area contributed by atoms with Gasteiger partial charge in [-0.05, 0) is 53.4 Å². The Morgan fingerprint density at radius 2 is 1.89 bits per heavy atom. The molecule has 9 heteroatoms. The predicted molar refractivity (Wildman–Crippen MR) is 136 cm³/mol. The molecule has 0 fully saturated rings. The Morgan fingerprint density at radius 1 is 1.09 bits per heavy atom. The molecule has 2 aromatic heterocycles. The van der Waals surface area contributed by atoms with Crippen LogP contribution < -0.4 is 16.0 Å². The van der Waals surface area contributed by atoms with Crippen LogP contribution in [0, 0.1) is 0 Å². The molecule has 0 atom stereocenters. The van der Waals surface area contributed by atoms with Crippen molar-refractivity contribution in [3.8, 4) is 0 Å². The maximum atomic E-state index is 13.0. The number of benzene rings is 2. The number of carbonyl (C=O) groups excluding carboxylic acids is 2. The number of fused-ring (bicyclic) bond motifs is 1. The van der Waals surface area contributed by atoms with Crippen LogP contribution in [0.5, 0.6) is 0 Å². The van der Waals surface area contributed by atoms with E-state index in [2.05, 4.69) is 20.9 Å². The zero-order valence-electron chi connectivity index (χ0n) is 18.8. The molecule has 0 saturated carbocycles. The SMILES string of the molecule is COC1=C(Nc2ccc(NC(=O)c3sccc3NCc3ccnc4ccccc34)cc2)COC1=O. The standard InChI is InChI=1S/C26H22N4O4S/c1-33-23-22(15-34-26(23)32)29-17-6-8-18(9-7-17)30-25(31)24-21(11-13-35-24)28-14-16-10-12-27-20-5-3-2-4-19(16)20/h2-13,28-29H,14-15H2,1H3,(H,30,31). The minimum atomic E-state index is -0.489. The van der Waals surface area contributed by atoms with Gasteiger partial charge >= 0.3 is 5.97 Å². The first-order chi connectivity index (χ1) is 17.1. The zero-order valence-corrected chi connectivity index (χ0v) is 19.6. The first-order valence-corrected chi connectivity index (χ1v) is 11.8. The number of cyclic esters (lactones) is 1. The maximum absolute atomic E-state index is 13.0. The molecule has 0 spiro atoms. The fourth-order valence-corrected chi connectivity index (χ4v) is 4.58. The fourth-order valence-electron chi connectivity index (χ4n) is 3.81.